The van der Waals surface area contributed by atoms with Gasteiger partial charge in [-0.25, -0.2) is 4.68 Å². The molecule has 38 heavy (non-hydrogen) atoms. The number of aromatic nitrogens is 5. The molecule has 1 aliphatic rings. The molecule has 1 aliphatic heterocycles. The second kappa shape index (κ2) is 11.0. The van der Waals surface area contributed by atoms with E-state index in [0.717, 1.165) is 41.5 Å². The summed E-state index contributed by atoms with van der Waals surface area (Å²) in [4.78, 5) is 20.3. The second-order valence-corrected chi connectivity index (χ2v) is 10.9. The third-order valence-electron chi connectivity index (χ3n) is 7.06. The lowest BCUT2D eigenvalue weighted by molar-refractivity contribution is 0.0904. The van der Waals surface area contributed by atoms with Crippen LogP contribution in [0.1, 0.15) is 46.3 Å². The number of hydrogen-bond donors (Lipinski definition) is 1. The number of hydrogen-bond acceptors (Lipinski definition) is 7. The van der Waals surface area contributed by atoms with E-state index in [1.807, 2.05) is 41.9 Å². The molecule has 2 aromatic carbocycles. The maximum Gasteiger partial charge on any atom is 0.253 e. The number of nitrogens with zero attached hydrogens (tertiary/aromatic N) is 5. The summed E-state index contributed by atoms with van der Waals surface area (Å²) in [6.07, 6.45) is 2.08. The summed E-state index contributed by atoms with van der Waals surface area (Å²) in [6, 6.07) is 22.2. The first-order chi connectivity index (χ1) is 18.6. The zero-order valence-corrected chi connectivity index (χ0v) is 22.1. The van der Waals surface area contributed by atoms with Gasteiger partial charge in [0, 0.05) is 35.7 Å². The number of aromatic amines is 1. The topological polar surface area (TPSA) is 88.9 Å². The van der Waals surface area contributed by atoms with E-state index in [0.29, 0.717) is 31.0 Å². The summed E-state index contributed by atoms with van der Waals surface area (Å²) in [7, 11) is 0. The van der Waals surface area contributed by atoms with Gasteiger partial charge in [0.25, 0.3) is 5.56 Å². The Hall–Kier alpha value is -3.66. The van der Waals surface area contributed by atoms with E-state index in [1.165, 1.54) is 4.88 Å². The van der Waals surface area contributed by atoms with Gasteiger partial charge in [-0.2, -0.15) is 0 Å². The molecule has 9 heteroatoms. The third-order valence-corrected chi connectivity index (χ3v) is 7.92. The van der Waals surface area contributed by atoms with Crippen LogP contribution in [-0.4, -0.2) is 42.8 Å². The Morgan fingerprint density at radius 1 is 1.13 bits per heavy atom. The Morgan fingerprint density at radius 2 is 2.03 bits per heavy atom. The van der Waals surface area contributed by atoms with Crippen LogP contribution in [0.2, 0.25) is 0 Å². The molecule has 194 valence electrons. The summed E-state index contributed by atoms with van der Waals surface area (Å²) < 4.78 is 7.73. The molecule has 0 bridgehead atoms. The number of aryl methyl sites for hydroxylation is 1. The molecule has 1 fully saturated rings. The number of fused-ring (bicyclic) bond motifs is 1. The van der Waals surface area contributed by atoms with Crippen LogP contribution in [0.15, 0.2) is 76.9 Å². The van der Waals surface area contributed by atoms with Crippen LogP contribution in [0, 0.1) is 6.92 Å². The third kappa shape index (κ3) is 5.31. The molecule has 4 heterocycles. The predicted octanol–water partition coefficient (Wildman–Crippen LogP) is 4.86. The van der Waals surface area contributed by atoms with Crippen molar-refractivity contribution in [3.05, 3.63) is 110 Å². The van der Waals surface area contributed by atoms with Crippen LogP contribution in [0.3, 0.4) is 0 Å². The number of tetrazole rings is 1. The van der Waals surface area contributed by atoms with Gasteiger partial charge in [-0.15, -0.1) is 16.4 Å². The van der Waals surface area contributed by atoms with Crippen LogP contribution in [-0.2, 0) is 24.4 Å². The van der Waals surface area contributed by atoms with Gasteiger partial charge >= 0.3 is 0 Å². The van der Waals surface area contributed by atoms with Gasteiger partial charge < -0.3 is 9.72 Å². The number of H-pyrrole nitrogens is 1. The summed E-state index contributed by atoms with van der Waals surface area (Å²) in [5.41, 5.74) is 3.56. The fourth-order valence-corrected chi connectivity index (χ4v) is 5.94. The van der Waals surface area contributed by atoms with Crippen molar-refractivity contribution < 1.29 is 4.74 Å². The van der Waals surface area contributed by atoms with E-state index in [9.17, 15) is 4.79 Å². The SMILES string of the molecule is Cc1ccc2cc([C@H](c3nnnn3C[C@@H]3CCCO3)N(Cc3ccccc3)Cc3cccs3)c(=O)[nH]c2c1. The minimum absolute atomic E-state index is 0.0654. The molecule has 0 aliphatic carbocycles. The Bertz CT molecular complexity index is 1560. The van der Waals surface area contributed by atoms with Crippen molar-refractivity contribution in [2.75, 3.05) is 6.61 Å². The largest absolute Gasteiger partial charge is 0.376 e. The van der Waals surface area contributed by atoms with Crippen molar-refractivity contribution in [3.63, 3.8) is 0 Å². The van der Waals surface area contributed by atoms with Crippen molar-refractivity contribution in [3.8, 4) is 0 Å². The lowest BCUT2D eigenvalue weighted by Crippen LogP contribution is -2.35. The molecule has 0 unspecified atom stereocenters. The molecule has 0 radical (unpaired) electrons. The lowest BCUT2D eigenvalue weighted by Gasteiger charge is -2.31. The maximum absolute atomic E-state index is 13.7. The minimum Gasteiger partial charge on any atom is -0.376 e. The minimum atomic E-state index is -0.469. The normalized spacial score (nSPS) is 16.4. The highest BCUT2D eigenvalue weighted by Crippen LogP contribution is 2.31. The van der Waals surface area contributed by atoms with E-state index in [2.05, 4.69) is 67.2 Å². The summed E-state index contributed by atoms with van der Waals surface area (Å²) in [5.74, 6) is 0.643. The van der Waals surface area contributed by atoms with Gasteiger partial charge in [0.15, 0.2) is 5.82 Å². The van der Waals surface area contributed by atoms with Gasteiger partial charge in [-0.1, -0.05) is 48.5 Å². The molecular weight excluding hydrogens is 496 g/mol. The number of benzene rings is 2. The average molecular weight is 527 g/mol. The van der Waals surface area contributed by atoms with E-state index >= 15 is 0 Å². The highest BCUT2D eigenvalue weighted by atomic mass is 32.1. The molecule has 0 amide bonds. The van der Waals surface area contributed by atoms with Gasteiger partial charge in [-0.3, -0.25) is 9.69 Å². The fourth-order valence-electron chi connectivity index (χ4n) is 5.21. The van der Waals surface area contributed by atoms with E-state index in [1.54, 1.807) is 11.3 Å². The van der Waals surface area contributed by atoms with Crippen LogP contribution in [0.25, 0.3) is 10.9 Å². The fraction of sp³-hybridized carbons (Fsp3) is 0.310. The summed E-state index contributed by atoms with van der Waals surface area (Å²) in [6.45, 7) is 4.61. The van der Waals surface area contributed by atoms with Crippen LogP contribution in [0.4, 0.5) is 0 Å². The Labute approximate surface area is 224 Å². The number of rotatable bonds is 9. The molecule has 5 aromatic rings. The molecule has 1 N–H and O–H groups in total. The van der Waals surface area contributed by atoms with Gasteiger partial charge in [0.2, 0.25) is 0 Å². The summed E-state index contributed by atoms with van der Waals surface area (Å²) >= 11 is 1.70. The standard InChI is InChI=1S/C29H30N6O2S/c1-20-11-12-22-16-25(29(36)30-26(22)15-20)27(28-31-32-33-35(28)18-23-9-5-13-37-23)34(19-24-10-6-14-38-24)17-21-7-3-2-4-8-21/h2-4,6-8,10-12,14-16,23,27H,5,9,13,17-19H2,1H3,(H,30,36)/t23-,27+/m0/s1. The first kappa shape index (κ1) is 24.7. The predicted molar refractivity (Wildman–Crippen MR) is 148 cm³/mol. The molecule has 6 rings (SSSR count). The molecule has 8 nitrogen and oxygen atoms in total. The molecule has 3 aromatic heterocycles. The van der Waals surface area contributed by atoms with E-state index in [4.69, 9.17) is 4.74 Å². The van der Waals surface area contributed by atoms with Crippen LogP contribution >= 0.6 is 11.3 Å². The quantitative estimate of drug-likeness (QED) is 0.295. The number of nitrogens with one attached hydrogen (secondary N) is 1. The number of thiophene rings is 1. The molecule has 2 atom stereocenters. The van der Waals surface area contributed by atoms with E-state index in [-0.39, 0.29) is 11.7 Å². The maximum atomic E-state index is 13.7. The second-order valence-electron chi connectivity index (χ2n) is 9.87. The first-order valence-electron chi connectivity index (χ1n) is 13.0. The first-order valence-corrected chi connectivity index (χ1v) is 13.8. The Morgan fingerprint density at radius 3 is 2.82 bits per heavy atom. The van der Waals surface area contributed by atoms with Gasteiger partial charge in [0.1, 0.15) is 6.04 Å². The van der Waals surface area contributed by atoms with Crippen molar-refractivity contribution in [2.45, 2.75) is 51.5 Å². The number of pyridine rings is 1. The zero-order valence-electron chi connectivity index (χ0n) is 21.3. The van der Waals surface area contributed by atoms with Crippen molar-refractivity contribution in [2.24, 2.45) is 0 Å². The average Bonchev–Trinajstić information content (AvgIpc) is 3.70. The zero-order chi connectivity index (χ0) is 25.9. The van der Waals surface area contributed by atoms with Crippen LogP contribution in [0.5, 0.6) is 0 Å². The Kier molecular flexibility index (Phi) is 7.13. The lowest BCUT2D eigenvalue weighted by atomic mass is 10.0. The molecular formula is C29H30N6O2S. The molecule has 0 saturated carbocycles. The van der Waals surface area contributed by atoms with Gasteiger partial charge in [0.05, 0.1) is 12.6 Å². The highest BCUT2D eigenvalue weighted by Gasteiger charge is 2.32. The molecule has 1 saturated heterocycles. The van der Waals surface area contributed by atoms with Crippen molar-refractivity contribution in [1.29, 1.82) is 0 Å². The Balaban J connectivity index is 1.50. The van der Waals surface area contributed by atoms with Crippen molar-refractivity contribution in [1.82, 2.24) is 30.1 Å². The highest BCUT2D eigenvalue weighted by molar-refractivity contribution is 7.09. The van der Waals surface area contributed by atoms with Crippen LogP contribution < -0.4 is 5.56 Å². The van der Waals surface area contributed by atoms with E-state index < -0.39 is 6.04 Å². The number of ether oxygens (including phenoxy) is 1. The smallest absolute Gasteiger partial charge is 0.253 e. The molecule has 0 spiro atoms. The summed E-state index contributed by atoms with van der Waals surface area (Å²) in [5, 5.41) is 16.0. The van der Waals surface area contributed by atoms with Crippen molar-refractivity contribution >= 4 is 22.2 Å². The van der Waals surface area contributed by atoms with Gasteiger partial charge in [-0.05, 0) is 70.3 Å². The monoisotopic (exact) mass is 526 g/mol.